The molecule has 0 bridgehead atoms. The Hall–Kier alpha value is -1.53. The molecule has 2 aromatic heterocycles. The summed E-state index contributed by atoms with van der Waals surface area (Å²) in [6.07, 6.45) is 7.98. The standard InChI is InChI=1S/C16H21N5S/c1-20(16-6-17-4-5-18-16)15-3-2-12-7-21(9-14(12)15)8-13-10-22-11-19-13/h4-6,10-12,14-15H,2-3,7-9H2,1H3/t12-,14+,15-/m1/s1. The van der Waals surface area contributed by atoms with Crippen molar-refractivity contribution in [2.75, 3.05) is 25.0 Å². The molecule has 3 heterocycles. The molecule has 1 saturated carbocycles. The summed E-state index contributed by atoms with van der Waals surface area (Å²) in [5.74, 6) is 2.56. The summed E-state index contributed by atoms with van der Waals surface area (Å²) in [7, 11) is 2.17. The Kier molecular flexibility index (Phi) is 3.80. The lowest BCUT2D eigenvalue weighted by atomic mass is 9.97. The van der Waals surface area contributed by atoms with Gasteiger partial charge in [0.25, 0.3) is 0 Å². The van der Waals surface area contributed by atoms with Crippen LogP contribution in [-0.2, 0) is 6.54 Å². The summed E-state index contributed by atoms with van der Waals surface area (Å²) >= 11 is 1.69. The Bertz CT molecular complexity index is 602. The minimum absolute atomic E-state index is 0.585. The number of hydrogen-bond acceptors (Lipinski definition) is 6. The van der Waals surface area contributed by atoms with Crippen LogP contribution in [-0.4, -0.2) is 46.0 Å². The maximum absolute atomic E-state index is 4.46. The van der Waals surface area contributed by atoms with E-state index >= 15 is 0 Å². The second-order valence-corrected chi connectivity index (χ2v) is 7.14. The Morgan fingerprint density at radius 1 is 1.27 bits per heavy atom. The smallest absolute Gasteiger partial charge is 0.147 e. The maximum Gasteiger partial charge on any atom is 0.147 e. The largest absolute Gasteiger partial charge is 0.355 e. The Labute approximate surface area is 135 Å². The van der Waals surface area contributed by atoms with E-state index in [4.69, 9.17) is 0 Å². The number of fused-ring (bicyclic) bond motifs is 1. The van der Waals surface area contributed by atoms with Crippen molar-refractivity contribution in [1.82, 2.24) is 19.9 Å². The number of hydrogen-bond donors (Lipinski definition) is 0. The topological polar surface area (TPSA) is 45.2 Å². The number of aromatic nitrogens is 3. The van der Waals surface area contributed by atoms with Crippen LogP contribution >= 0.6 is 11.3 Å². The highest BCUT2D eigenvalue weighted by molar-refractivity contribution is 7.07. The first-order valence-corrected chi connectivity index (χ1v) is 8.84. The second-order valence-electron chi connectivity index (χ2n) is 6.42. The van der Waals surface area contributed by atoms with E-state index in [9.17, 15) is 0 Å². The average Bonchev–Trinajstić information content (AvgIpc) is 3.25. The van der Waals surface area contributed by atoms with E-state index in [1.165, 1.54) is 31.6 Å². The molecule has 1 aliphatic carbocycles. The fourth-order valence-electron chi connectivity index (χ4n) is 4.13. The first-order valence-electron chi connectivity index (χ1n) is 7.89. The fraction of sp³-hybridized carbons (Fsp3) is 0.562. The minimum atomic E-state index is 0.585. The van der Waals surface area contributed by atoms with Crippen molar-refractivity contribution in [2.45, 2.75) is 25.4 Å². The zero-order valence-electron chi connectivity index (χ0n) is 12.8. The molecular formula is C16H21N5S. The van der Waals surface area contributed by atoms with Gasteiger partial charge < -0.3 is 4.90 Å². The van der Waals surface area contributed by atoms with Crippen LogP contribution in [0.5, 0.6) is 0 Å². The molecule has 116 valence electrons. The van der Waals surface area contributed by atoms with Crippen LogP contribution < -0.4 is 4.90 Å². The van der Waals surface area contributed by atoms with Gasteiger partial charge in [0.15, 0.2) is 0 Å². The third-order valence-corrected chi connectivity index (χ3v) is 5.81. The van der Waals surface area contributed by atoms with Crippen molar-refractivity contribution in [2.24, 2.45) is 11.8 Å². The Balaban J connectivity index is 1.44. The minimum Gasteiger partial charge on any atom is -0.355 e. The van der Waals surface area contributed by atoms with Crippen LogP contribution in [0.15, 0.2) is 29.5 Å². The lowest BCUT2D eigenvalue weighted by molar-refractivity contribution is 0.294. The molecule has 2 aliphatic rings. The zero-order chi connectivity index (χ0) is 14.9. The lowest BCUT2D eigenvalue weighted by Crippen LogP contribution is -2.38. The molecule has 0 radical (unpaired) electrons. The summed E-state index contributed by atoms with van der Waals surface area (Å²) in [5, 5.41) is 2.16. The zero-order valence-corrected chi connectivity index (χ0v) is 13.6. The molecule has 0 amide bonds. The van der Waals surface area contributed by atoms with E-state index in [1.54, 1.807) is 23.7 Å². The molecule has 2 fully saturated rings. The van der Waals surface area contributed by atoms with Gasteiger partial charge in [0.05, 0.1) is 17.4 Å². The average molecular weight is 315 g/mol. The van der Waals surface area contributed by atoms with Crippen LogP contribution in [0.4, 0.5) is 5.82 Å². The molecule has 0 unspecified atom stereocenters. The van der Waals surface area contributed by atoms with Gasteiger partial charge in [-0.25, -0.2) is 9.97 Å². The van der Waals surface area contributed by atoms with Crippen molar-refractivity contribution >= 4 is 17.2 Å². The van der Waals surface area contributed by atoms with Crippen LogP contribution in [0.2, 0.25) is 0 Å². The predicted molar refractivity (Wildman–Crippen MR) is 87.8 cm³/mol. The van der Waals surface area contributed by atoms with Crippen LogP contribution in [0.25, 0.3) is 0 Å². The molecule has 2 aromatic rings. The van der Waals surface area contributed by atoms with Crippen molar-refractivity contribution in [3.63, 3.8) is 0 Å². The van der Waals surface area contributed by atoms with E-state index in [1.807, 2.05) is 11.7 Å². The first-order chi connectivity index (χ1) is 10.8. The van der Waals surface area contributed by atoms with Gasteiger partial charge in [-0.2, -0.15) is 0 Å². The highest BCUT2D eigenvalue weighted by atomic mass is 32.1. The number of thiazole rings is 1. The number of rotatable bonds is 4. The van der Waals surface area contributed by atoms with Crippen molar-refractivity contribution in [3.8, 4) is 0 Å². The first kappa shape index (κ1) is 14.1. The van der Waals surface area contributed by atoms with Gasteiger partial charge in [-0.1, -0.05) is 0 Å². The van der Waals surface area contributed by atoms with Crippen LogP contribution in [0.1, 0.15) is 18.5 Å². The Morgan fingerprint density at radius 3 is 3.00 bits per heavy atom. The molecule has 1 aliphatic heterocycles. The van der Waals surface area contributed by atoms with Crippen molar-refractivity contribution in [3.05, 3.63) is 35.2 Å². The molecule has 0 spiro atoms. The molecule has 1 saturated heterocycles. The molecule has 5 nitrogen and oxygen atoms in total. The number of anilines is 1. The van der Waals surface area contributed by atoms with Gasteiger partial charge in [-0.15, -0.1) is 11.3 Å². The summed E-state index contributed by atoms with van der Waals surface area (Å²) in [5.41, 5.74) is 3.14. The third-order valence-electron chi connectivity index (χ3n) is 5.17. The van der Waals surface area contributed by atoms with Crippen LogP contribution in [0, 0.1) is 11.8 Å². The van der Waals surface area contributed by atoms with Gasteiger partial charge >= 0.3 is 0 Å². The van der Waals surface area contributed by atoms with E-state index in [0.717, 1.165) is 24.2 Å². The van der Waals surface area contributed by atoms with Gasteiger partial charge in [0, 0.05) is 50.5 Å². The second kappa shape index (κ2) is 5.93. The number of nitrogens with zero attached hydrogens (tertiary/aromatic N) is 5. The quantitative estimate of drug-likeness (QED) is 0.866. The fourth-order valence-corrected chi connectivity index (χ4v) is 4.68. The van der Waals surface area contributed by atoms with Gasteiger partial charge in [-0.3, -0.25) is 9.88 Å². The molecule has 0 N–H and O–H groups in total. The highest BCUT2D eigenvalue weighted by Gasteiger charge is 2.44. The normalized spacial score (nSPS) is 28.0. The molecule has 3 atom stereocenters. The van der Waals surface area contributed by atoms with Crippen molar-refractivity contribution in [1.29, 1.82) is 0 Å². The molecule has 0 aromatic carbocycles. The molecule has 22 heavy (non-hydrogen) atoms. The monoisotopic (exact) mass is 315 g/mol. The van der Waals surface area contributed by atoms with Gasteiger partial charge in [0.1, 0.15) is 5.82 Å². The summed E-state index contributed by atoms with van der Waals surface area (Å²) < 4.78 is 0. The van der Waals surface area contributed by atoms with E-state index in [2.05, 4.69) is 37.2 Å². The predicted octanol–water partition coefficient (Wildman–Crippen LogP) is 2.28. The van der Waals surface area contributed by atoms with Crippen LogP contribution in [0.3, 0.4) is 0 Å². The third kappa shape index (κ3) is 2.61. The molecule has 4 rings (SSSR count). The lowest BCUT2D eigenvalue weighted by Gasteiger charge is -2.30. The van der Waals surface area contributed by atoms with E-state index in [-0.39, 0.29) is 0 Å². The Morgan fingerprint density at radius 2 is 2.23 bits per heavy atom. The summed E-state index contributed by atoms with van der Waals surface area (Å²) in [6.45, 7) is 3.39. The van der Waals surface area contributed by atoms with Crippen molar-refractivity contribution < 1.29 is 0 Å². The summed E-state index contributed by atoms with van der Waals surface area (Å²) in [6, 6.07) is 0.585. The number of likely N-dealkylation sites (tertiary alicyclic amines) is 1. The highest BCUT2D eigenvalue weighted by Crippen LogP contribution is 2.41. The van der Waals surface area contributed by atoms with E-state index in [0.29, 0.717) is 6.04 Å². The summed E-state index contributed by atoms with van der Waals surface area (Å²) in [4.78, 5) is 18.0. The molecule has 6 heteroatoms. The van der Waals surface area contributed by atoms with Gasteiger partial charge in [-0.05, 0) is 24.7 Å². The maximum atomic E-state index is 4.46. The van der Waals surface area contributed by atoms with E-state index < -0.39 is 0 Å². The SMILES string of the molecule is CN(c1cnccn1)[C@@H]1CC[C@@H]2CN(Cc3cscn3)C[C@@H]21. The van der Waals surface area contributed by atoms with Gasteiger partial charge in [0.2, 0.25) is 0 Å². The molecular weight excluding hydrogens is 294 g/mol.